The normalized spacial score (nSPS) is 18.9. The Bertz CT molecular complexity index is 1340. The second kappa shape index (κ2) is 9.38. The van der Waals surface area contributed by atoms with E-state index in [1.54, 1.807) is 13.8 Å². The van der Waals surface area contributed by atoms with Crippen LogP contribution in [0, 0.1) is 17.0 Å². The molecule has 0 radical (unpaired) electrons. The Morgan fingerprint density at radius 2 is 1.44 bits per heavy atom. The van der Waals surface area contributed by atoms with E-state index in [0.717, 1.165) is 18.4 Å². The van der Waals surface area contributed by atoms with Crippen LogP contribution in [0.3, 0.4) is 0 Å². The van der Waals surface area contributed by atoms with E-state index in [2.05, 4.69) is 0 Å². The quantitative estimate of drug-likeness (QED) is 0.477. The molecule has 2 saturated heterocycles. The number of hydrogen-bond acceptors (Lipinski definition) is 4. The van der Waals surface area contributed by atoms with Crippen LogP contribution >= 0.6 is 0 Å². The van der Waals surface area contributed by atoms with Crippen LogP contribution < -0.4 is 0 Å². The molecule has 0 amide bonds. The van der Waals surface area contributed by atoms with Crippen LogP contribution in [0.4, 0.5) is 35.1 Å². The minimum Gasteiger partial charge on any atom is -0.369 e. The third kappa shape index (κ3) is 5.04. The second-order valence-corrected chi connectivity index (χ2v) is 12.7. The molecule has 2 aromatic carbocycles. The summed E-state index contributed by atoms with van der Waals surface area (Å²) in [7, 11) is -3.29. The molecule has 0 bridgehead atoms. The fourth-order valence-corrected chi connectivity index (χ4v) is 6.34. The van der Waals surface area contributed by atoms with Gasteiger partial charge >= 0.3 is 12.4 Å². The zero-order valence-electron chi connectivity index (χ0n) is 21.1. The van der Waals surface area contributed by atoms with Crippen molar-refractivity contribution in [3.05, 3.63) is 58.7 Å². The molecule has 2 aromatic rings. The molecule has 0 saturated carbocycles. The van der Waals surface area contributed by atoms with Gasteiger partial charge in [-0.25, -0.2) is 21.5 Å². The predicted octanol–water partition coefficient (Wildman–Crippen LogP) is 5.14. The number of alkyl halides is 6. The van der Waals surface area contributed by atoms with Crippen molar-refractivity contribution in [3.8, 4) is 11.1 Å². The second-order valence-electron chi connectivity index (χ2n) is 10.7. The summed E-state index contributed by atoms with van der Waals surface area (Å²) in [5.74, 6) is -2.89. The molecule has 14 heteroatoms. The highest BCUT2D eigenvalue weighted by atomic mass is 32.2. The Labute approximate surface area is 220 Å². The van der Waals surface area contributed by atoms with Gasteiger partial charge in [-0.05, 0) is 17.0 Å². The summed E-state index contributed by atoms with van der Waals surface area (Å²) in [6, 6.07) is 3.77. The highest BCUT2D eigenvalue weighted by molar-refractivity contribution is 7.88. The van der Waals surface area contributed by atoms with Gasteiger partial charge in [0, 0.05) is 54.8 Å². The van der Waals surface area contributed by atoms with Crippen molar-refractivity contribution in [2.24, 2.45) is 5.41 Å². The van der Waals surface area contributed by atoms with Gasteiger partial charge in [0.1, 0.15) is 0 Å². The zero-order valence-corrected chi connectivity index (χ0v) is 21.9. The van der Waals surface area contributed by atoms with E-state index in [1.165, 1.54) is 10.4 Å². The summed E-state index contributed by atoms with van der Waals surface area (Å²) in [6.45, 7) is 5.06. The first-order valence-corrected chi connectivity index (χ1v) is 13.7. The number of sulfonamides is 1. The van der Waals surface area contributed by atoms with E-state index in [4.69, 9.17) is 0 Å². The lowest BCUT2D eigenvalue weighted by molar-refractivity contribution is -0.376. The number of halogens is 8. The van der Waals surface area contributed by atoms with Gasteiger partial charge in [0.05, 0.1) is 6.26 Å². The summed E-state index contributed by atoms with van der Waals surface area (Å²) in [5.41, 5.74) is -7.02. The molecule has 2 heterocycles. The highest BCUT2D eigenvalue weighted by Gasteiger charge is 2.71. The van der Waals surface area contributed by atoms with Crippen molar-refractivity contribution in [2.75, 3.05) is 32.4 Å². The van der Waals surface area contributed by atoms with Crippen molar-refractivity contribution >= 4 is 10.0 Å². The number of aliphatic hydroxyl groups is 1. The molecular weight excluding hydrogens is 560 g/mol. The molecule has 216 valence electrons. The van der Waals surface area contributed by atoms with Crippen molar-refractivity contribution in [1.82, 2.24) is 9.21 Å². The van der Waals surface area contributed by atoms with Gasteiger partial charge < -0.3 is 5.11 Å². The predicted molar refractivity (Wildman–Crippen MR) is 126 cm³/mol. The highest BCUT2D eigenvalue weighted by Crippen LogP contribution is 2.50. The summed E-state index contributed by atoms with van der Waals surface area (Å²) in [5, 5.41) is 9.60. The van der Waals surface area contributed by atoms with Gasteiger partial charge in [-0.2, -0.15) is 26.3 Å². The molecule has 39 heavy (non-hydrogen) atoms. The third-order valence-corrected chi connectivity index (χ3v) is 8.55. The van der Waals surface area contributed by atoms with Crippen molar-refractivity contribution in [3.63, 3.8) is 0 Å². The lowest BCUT2D eigenvalue weighted by atomic mass is 9.74. The Balaban J connectivity index is 1.61. The molecule has 0 aromatic heterocycles. The Morgan fingerprint density at radius 1 is 0.923 bits per heavy atom. The fourth-order valence-electron chi connectivity index (χ4n) is 5.32. The van der Waals surface area contributed by atoms with Gasteiger partial charge in [0.25, 0.3) is 5.60 Å². The first-order valence-electron chi connectivity index (χ1n) is 11.9. The number of likely N-dealkylation sites (tertiary alicyclic amines) is 1. The smallest absolute Gasteiger partial charge is 0.369 e. The average molecular weight is 587 g/mol. The number of hydrogen-bond donors (Lipinski definition) is 1. The molecule has 2 aliphatic heterocycles. The van der Waals surface area contributed by atoms with Crippen LogP contribution in [0.5, 0.6) is 0 Å². The molecule has 0 aliphatic carbocycles. The minimum atomic E-state index is -6.08. The summed E-state index contributed by atoms with van der Waals surface area (Å²) in [4.78, 5) is 1.84. The number of benzene rings is 2. The maximum atomic E-state index is 15.4. The molecule has 5 nitrogen and oxygen atoms in total. The molecule has 2 fully saturated rings. The SMILES string of the molecule is CC(C)c1cc(CN2CC3(C2)CN(S(C)(=O)=O)C3)c(F)c(F)c1-c1ccc(C(O)(C(F)(F)F)C(F)(F)F)cc1. The Morgan fingerprint density at radius 3 is 1.87 bits per heavy atom. The van der Waals surface area contributed by atoms with Crippen LogP contribution in [-0.2, 0) is 22.2 Å². The van der Waals surface area contributed by atoms with E-state index in [1.807, 2.05) is 4.90 Å². The van der Waals surface area contributed by atoms with Gasteiger partial charge in [0.2, 0.25) is 10.0 Å². The topological polar surface area (TPSA) is 60.9 Å². The summed E-state index contributed by atoms with van der Waals surface area (Å²) in [6.07, 6.45) is -11.0. The van der Waals surface area contributed by atoms with E-state index in [-0.39, 0.29) is 28.7 Å². The standard InChI is InChI=1S/C25H26F8N2O3S/c1-14(2)18-8-16(9-34-10-22(11-34)12-35(13-22)39(3,37)38)20(26)21(27)19(18)15-4-6-17(7-5-15)23(36,24(28,29)30)25(31,32)33/h4-8,14,36H,9-13H2,1-3H3. The Hall–Kier alpha value is -2.29. The fraction of sp³-hybridized carbons (Fsp3) is 0.520. The van der Waals surface area contributed by atoms with Crippen molar-refractivity contribution in [2.45, 2.75) is 44.3 Å². The molecule has 1 spiro atoms. The molecule has 4 rings (SSSR count). The number of rotatable bonds is 6. The summed E-state index contributed by atoms with van der Waals surface area (Å²) < 4.78 is 134. The molecular formula is C25H26F8N2O3S. The minimum absolute atomic E-state index is 0.0224. The molecule has 1 N–H and O–H groups in total. The van der Waals surface area contributed by atoms with E-state index >= 15 is 8.78 Å². The van der Waals surface area contributed by atoms with Crippen LogP contribution in [0.15, 0.2) is 30.3 Å². The lowest BCUT2D eigenvalue weighted by Gasteiger charge is -2.59. The first-order chi connectivity index (χ1) is 17.7. The maximum Gasteiger partial charge on any atom is 0.430 e. The van der Waals surface area contributed by atoms with E-state index in [0.29, 0.717) is 43.9 Å². The Kier molecular flexibility index (Phi) is 7.14. The molecule has 2 aliphatic rings. The van der Waals surface area contributed by atoms with Crippen molar-refractivity contribution < 1.29 is 48.6 Å². The molecule has 0 atom stereocenters. The van der Waals surface area contributed by atoms with Crippen LogP contribution in [-0.4, -0.2) is 67.5 Å². The third-order valence-electron chi connectivity index (χ3n) is 7.35. The average Bonchev–Trinajstić information content (AvgIpc) is 2.74. The van der Waals surface area contributed by atoms with Crippen molar-refractivity contribution in [1.29, 1.82) is 0 Å². The van der Waals surface area contributed by atoms with Gasteiger partial charge in [-0.15, -0.1) is 0 Å². The largest absolute Gasteiger partial charge is 0.430 e. The van der Waals surface area contributed by atoms with Gasteiger partial charge in [-0.1, -0.05) is 44.2 Å². The summed E-state index contributed by atoms with van der Waals surface area (Å²) >= 11 is 0. The van der Waals surface area contributed by atoms with E-state index < -0.39 is 51.1 Å². The van der Waals surface area contributed by atoms with Crippen LogP contribution in [0.25, 0.3) is 11.1 Å². The lowest BCUT2D eigenvalue weighted by Crippen LogP contribution is -2.72. The van der Waals surface area contributed by atoms with Gasteiger partial charge in [0.15, 0.2) is 11.6 Å². The van der Waals surface area contributed by atoms with Gasteiger partial charge in [-0.3, -0.25) is 4.90 Å². The molecule has 0 unspecified atom stereocenters. The van der Waals surface area contributed by atoms with E-state index in [9.17, 15) is 39.9 Å². The zero-order chi connectivity index (χ0) is 29.3. The van der Waals surface area contributed by atoms with Crippen LogP contribution in [0.2, 0.25) is 0 Å². The number of nitrogens with zero attached hydrogens (tertiary/aromatic N) is 2. The van der Waals surface area contributed by atoms with Crippen LogP contribution in [0.1, 0.15) is 36.5 Å². The monoisotopic (exact) mass is 586 g/mol. The maximum absolute atomic E-state index is 15.4. The first kappa shape index (κ1) is 29.7.